The van der Waals surface area contributed by atoms with Crippen molar-refractivity contribution in [2.24, 2.45) is 11.5 Å². The molecule has 0 fully saturated rings. The van der Waals surface area contributed by atoms with E-state index in [1.807, 2.05) is 0 Å². The van der Waals surface area contributed by atoms with Crippen molar-refractivity contribution < 1.29 is 9.59 Å². The SMILES string of the molecule is NC(=O)c1ccc2c(n1)-c1nc(C(N)=O)ccc1C2. The van der Waals surface area contributed by atoms with Crippen molar-refractivity contribution in [3.63, 3.8) is 0 Å². The standard InChI is InChI=1S/C13H10N4O2/c14-12(18)8-3-1-6-5-7-2-4-9(13(15)19)17-11(7)10(6)16-8/h1-4H,5H2,(H2,14,18)(H2,15,19). The first kappa shape index (κ1) is 11.3. The van der Waals surface area contributed by atoms with Crippen LogP contribution in [0.3, 0.4) is 0 Å². The number of nitrogens with zero attached hydrogens (tertiary/aromatic N) is 2. The van der Waals surface area contributed by atoms with E-state index in [0.717, 1.165) is 11.1 Å². The summed E-state index contributed by atoms with van der Waals surface area (Å²) < 4.78 is 0. The average Bonchev–Trinajstić information content (AvgIpc) is 2.75. The first-order valence-electron chi connectivity index (χ1n) is 5.66. The van der Waals surface area contributed by atoms with E-state index in [1.165, 1.54) is 0 Å². The summed E-state index contributed by atoms with van der Waals surface area (Å²) in [5.41, 5.74) is 13.9. The molecule has 1 aliphatic rings. The molecule has 2 aromatic rings. The van der Waals surface area contributed by atoms with Crippen LogP contribution < -0.4 is 11.5 Å². The van der Waals surface area contributed by atoms with Gasteiger partial charge in [0.1, 0.15) is 11.4 Å². The van der Waals surface area contributed by atoms with E-state index in [0.29, 0.717) is 17.8 Å². The van der Waals surface area contributed by atoms with Crippen LogP contribution in [0.15, 0.2) is 24.3 Å². The summed E-state index contributed by atoms with van der Waals surface area (Å²) in [6.45, 7) is 0. The van der Waals surface area contributed by atoms with Crippen LogP contribution in [0.5, 0.6) is 0 Å². The minimum absolute atomic E-state index is 0.179. The third-order valence-corrected chi connectivity index (χ3v) is 3.07. The molecule has 0 bridgehead atoms. The van der Waals surface area contributed by atoms with Crippen LogP contribution in [0.1, 0.15) is 32.1 Å². The minimum Gasteiger partial charge on any atom is -0.364 e. The molecule has 0 saturated carbocycles. The topological polar surface area (TPSA) is 112 Å². The number of primary amides is 2. The molecule has 94 valence electrons. The van der Waals surface area contributed by atoms with Crippen molar-refractivity contribution in [3.8, 4) is 11.4 Å². The molecular weight excluding hydrogens is 244 g/mol. The number of nitrogens with two attached hydrogens (primary N) is 2. The van der Waals surface area contributed by atoms with Gasteiger partial charge in [-0.15, -0.1) is 0 Å². The highest BCUT2D eigenvalue weighted by atomic mass is 16.1. The average molecular weight is 254 g/mol. The molecular formula is C13H10N4O2. The number of rotatable bonds is 2. The van der Waals surface area contributed by atoms with Crippen LogP contribution in [0.4, 0.5) is 0 Å². The first-order valence-corrected chi connectivity index (χ1v) is 5.66. The van der Waals surface area contributed by atoms with Gasteiger partial charge in [0.15, 0.2) is 0 Å². The van der Waals surface area contributed by atoms with Gasteiger partial charge < -0.3 is 11.5 Å². The third-order valence-electron chi connectivity index (χ3n) is 3.07. The normalized spacial score (nSPS) is 11.8. The predicted octanol–water partition coefficient (Wildman–Crippen LogP) is 0.246. The van der Waals surface area contributed by atoms with Gasteiger partial charge in [-0.05, 0) is 23.3 Å². The molecule has 0 aliphatic heterocycles. The summed E-state index contributed by atoms with van der Waals surface area (Å²) in [7, 11) is 0. The Hall–Kier alpha value is -2.76. The lowest BCUT2D eigenvalue weighted by molar-refractivity contribution is 0.0987. The molecule has 0 unspecified atom stereocenters. The maximum absolute atomic E-state index is 11.2. The number of pyridine rings is 2. The van der Waals surface area contributed by atoms with Gasteiger partial charge in [-0.1, -0.05) is 12.1 Å². The fourth-order valence-corrected chi connectivity index (χ4v) is 2.15. The van der Waals surface area contributed by atoms with Crippen molar-refractivity contribution in [3.05, 3.63) is 46.8 Å². The van der Waals surface area contributed by atoms with Gasteiger partial charge in [-0.25, -0.2) is 9.97 Å². The van der Waals surface area contributed by atoms with E-state index < -0.39 is 11.8 Å². The highest BCUT2D eigenvalue weighted by Gasteiger charge is 2.23. The summed E-state index contributed by atoms with van der Waals surface area (Å²) in [6.07, 6.45) is 0.669. The van der Waals surface area contributed by atoms with Crippen LogP contribution in [0, 0.1) is 0 Å². The van der Waals surface area contributed by atoms with Gasteiger partial charge in [-0.3, -0.25) is 9.59 Å². The molecule has 2 aromatic heterocycles. The van der Waals surface area contributed by atoms with E-state index in [1.54, 1.807) is 24.3 Å². The zero-order valence-corrected chi connectivity index (χ0v) is 9.88. The van der Waals surface area contributed by atoms with Crippen LogP contribution in [0.2, 0.25) is 0 Å². The molecule has 3 rings (SSSR count). The second kappa shape index (κ2) is 3.88. The Labute approximate surface area is 108 Å². The Morgan fingerprint density at radius 3 is 1.63 bits per heavy atom. The molecule has 2 amide bonds. The second-order valence-corrected chi connectivity index (χ2v) is 4.31. The lowest BCUT2D eigenvalue weighted by Crippen LogP contribution is -2.14. The van der Waals surface area contributed by atoms with Gasteiger partial charge in [0, 0.05) is 6.42 Å². The first-order chi connectivity index (χ1) is 9.06. The molecule has 4 N–H and O–H groups in total. The zero-order valence-electron chi connectivity index (χ0n) is 9.88. The highest BCUT2D eigenvalue weighted by molar-refractivity contribution is 5.93. The number of hydrogen-bond acceptors (Lipinski definition) is 4. The largest absolute Gasteiger partial charge is 0.364 e. The summed E-state index contributed by atoms with van der Waals surface area (Å²) in [5.74, 6) is -1.19. The van der Waals surface area contributed by atoms with E-state index >= 15 is 0 Å². The number of hydrogen-bond donors (Lipinski definition) is 2. The lowest BCUT2D eigenvalue weighted by atomic mass is 10.1. The maximum atomic E-state index is 11.2. The van der Waals surface area contributed by atoms with Crippen molar-refractivity contribution >= 4 is 11.8 Å². The van der Waals surface area contributed by atoms with Crippen molar-refractivity contribution in [1.82, 2.24) is 9.97 Å². The van der Waals surface area contributed by atoms with Crippen molar-refractivity contribution in [2.45, 2.75) is 6.42 Å². The number of fused-ring (bicyclic) bond motifs is 3. The molecule has 6 nitrogen and oxygen atoms in total. The molecule has 1 aliphatic carbocycles. The fourth-order valence-electron chi connectivity index (χ4n) is 2.15. The Morgan fingerprint density at radius 2 is 1.26 bits per heavy atom. The summed E-state index contributed by atoms with van der Waals surface area (Å²) in [4.78, 5) is 30.7. The molecule has 6 heteroatoms. The monoisotopic (exact) mass is 254 g/mol. The Kier molecular flexibility index (Phi) is 2.31. The van der Waals surface area contributed by atoms with Gasteiger partial charge in [-0.2, -0.15) is 0 Å². The lowest BCUT2D eigenvalue weighted by Gasteiger charge is -2.02. The smallest absolute Gasteiger partial charge is 0.267 e. The Morgan fingerprint density at radius 1 is 0.842 bits per heavy atom. The summed E-state index contributed by atoms with van der Waals surface area (Å²) in [6, 6.07) is 6.77. The quantitative estimate of drug-likeness (QED) is 0.682. The van der Waals surface area contributed by atoms with Crippen LogP contribution in [-0.4, -0.2) is 21.8 Å². The van der Waals surface area contributed by atoms with E-state index in [2.05, 4.69) is 9.97 Å². The molecule has 0 spiro atoms. The third kappa shape index (κ3) is 1.74. The van der Waals surface area contributed by atoms with E-state index in [-0.39, 0.29) is 11.4 Å². The van der Waals surface area contributed by atoms with Crippen LogP contribution in [-0.2, 0) is 6.42 Å². The Bertz CT molecular complexity index is 663. The maximum Gasteiger partial charge on any atom is 0.267 e. The van der Waals surface area contributed by atoms with Gasteiger partial charge >= 0.3 is 0 Å². The summed E-state index contributed by atoms with van der Waals surface area (Å²) >= 11 is 0. The molecule has 0 atom stereocenters. The predicted molar refractivity (Wildman–Crippen MR) is 67.3 cm³/mol. The van der Waals surface area contributed by atoms with Crippen molar-refractivity contribution in [1.29, 1.82) is 0 Å². The van der Waals surface area contributed by atoms with Gasteiger partial charge in [0.05, 0.1) is 11.4 Å². The molecule has 19 heavy (non-hydrogen) atoms. The zero-order chi connectivity index (χ0) is 13.6. The summed E-state index contributed by atoms with van der Waals surface area (Å²) in [5, 5.41) is 0. The molecule has 0 saturated heterocycles. The van der Waals surface area contributed by atoms with Crippen molar-refractivity contribution in [2.75, 3.05) is 0 Å². The second-order valence-electron chi connectivity index (χ2n) is 4.31. The fraction of sp³-hybridized carbons (Fsp3) is 0.0769. The number of aromatic nitrogens is 2. The number of carbonyl (C=O) groups is 2. The number of carbonyl (C=O) groups excluding carboxylic acids is 2. The molecule has 0 aromatic carbocycles. The minimum atomic E-state index is -0.595. The molecule has 2 heterocycles. The number of amides is 2. The molecule has 0 radical (unpaired) electrons. The highest BCUT2D eigenvalue weighted by Crippen LogP contribution is 2.33. The van der Waals surface area contributed by atoms with Gasteiger partial charge in [0.2, 0.25) is 0 Å². The van der Waals surface area contributed by atoms with E-state index in [9.17, 15) is 9.59 Å². The van der Waals surface area contributed by atoms with Crippen LogP contribution >= 0.6 is 0 Å². The van der Waals surface area contributed by atoms with Crippen LogP contribution in [0.25, 0.3) is 11.4 Å². The van der Waals surface area contributed by atoms with Gasteiger partial charge in [0.25, 0.3) is 11.8 Å². The Balaban J connectivity index is 2.19. The van der Waals surface area contributed by atoms with E-state index in [4.69, 9.17) is 11.5 Å².